The van der Waals surface area contributed by atoms with Gasteiger partial charge in [0, 0.05) is 16.4 Å². The van der Waals surface area contributed by atoms with Gasteiger partial charge in [-0.25, -0.2) is 0 Å². The summed E-state index contributed by atoms with van der Waals surface area (Å²) in [5.74, 6) is 1.96. The SMILES string of the molecule is CCCCCCCCCCCCC(SC(=O)c1cc(OC)c(OC)c(OC)c1)c1cc(OC)c2c(NO)ccc(N=O)c2c1OC. The van der Waals surface area contributed by atoms with E-state index < -0.39 is 0 Å². The van der Waals surface area contributed by atoms with Crippen molar-refractivity contribution in [1.82, 2.24) is 0 Å². The van der Waals surface area contributed by atoms with Crippen molar-refractivity contribution in [1.29, 1.82) is 0 Å². The molecule has 252 valence electrons. The van der Waals surface area contributed by atoms with Gasteiger partial charge in [0.25, 0.3) is 0 Å². The molecule has 0 aliphatic heterocycles. The number of hydrogen-bond donors (Lipinski definition) is 2. The van der Waals surface area contributed by atoms with E-state index in [4.69, 9.17) is 23.7 Å². The number of carbonyl (C=O) groups is 1. The van der Waals surface area contributed by atoms with Crippen LogP contribution in [0.4, 0.5) is 11.4 Å². The first-order valence-corrected chi connectivity index (χ1v) is 16.8. The smallest absolute Gasteiger partial charge is 0.220 e. The molecule has 0 amide bonds. The molecule has 10 nitrogen and oxygen atoms in total. The third-order valence-corrected chi connectivity index (χ3v) is 9.39. The summed E-state index contributed by atoms with van der Waals surface area (Å²) >= 11 is 1.16. The van der Waals surface area contributed by atoms with E-state index in [0.717, 1.165) is 31.0 Å². The molecule has 2 N–H and O–H groups in total. The Morgan fingerprint density at radius 1 is 0.761 bits per heavy atom. The lowest BCUT2D eigenvalue weighted by atomic mass is 9.96. The highest BCUT2D eigenvalue weighted by Crippen LogP contribution is 2.51. The summed E-state index contributed by atoms with van der Waals surface area (Å²) in [7, 11) is 7.55. The molecule has 0 bridgehead atoms. The number of methoxy groups -OCH3 is 5. The summed E-state index contributed by atoms with van der Waals surface area (Å²) in [5.41, 5.74) is 3.72. The third kappa shape index (κ3) is 8.97. The van der Waals surface area contributed by atoms with Crippen LogP contribution in [0, 0.1) is 4.91 Å². The third-order valence-electron chi connectivity index (χ3n) is 8.16. The largest absolute Gasteiger partial charge is 0.496 e. The second-order valence-corrected chi connectivity index (χ2v) is 12.2. The van der Waals surface area contributed by atoms with Crippen molar-refractivity contribution in [2.24, 2.45) is 5.18 Å². The number of nitrogens with zero attached hydrogens (tertiary/aromatic N) is 1. The Morgan fingerprint density at radius 3 is 1.83 bits per heavy atom. The van der Waals surface area contributed by atoms with Crippen LogP contribution >= 0.6 is 11.8 Å². The monoisotopic (exact) mass is 656 g/mol. The molecule has 46 heavy (non-hydrogen) atoms. The first-order valence-electron chi connectivity index (χ1n) is 15.9. The van der Waals surface area contributed by atoms with Gasteiger partial charge < -0.3 is 23.7 Å². The zero-order valence-corrected chi connectivity index (χ0v) is 28.7. The Hall–Kier alpha value is -3.70. The maximum atomic E-state index is 13.9. The van der Waals surface area contributed by atoms with Crippen LogP contribution in [0.3, 0.4) is 0 Å². The molecule has 0 aromatic heterocycles. The maximum Gasteiger partial charge on any atom is 0.220 e. The fraction of sp³-hybridized carbons (Fsp3) is 0.514. The number of nitroso groups, excluding NO2 is 1. The molecular weight excluding hydrogens is 608 g/mol. The van der Waals surface area contributed by atoms with E-state index in [1.165, 1.54) is 86.6 Å². The number of unbranched alkanes of at least 4 members (excludes halogenated alkanes) is 9. The van der Waals surface area contributed by atoms with Crippen molar-refractivity contribution in [3.05, 3.63) is 46.4 Å². The fourth-order valence-corrected chi connectivity index (χ4v) is 6.88. The Balaban J connectivity index is 1.99. The fourth-order valence-electron chi connectivity index (χ4n) is 5.78. The second-order valence-electron chi connectivity index (χ2n) is 11.1. The highest BCUT2D eigenvalue weighted by atomic mass is 32.2. The van der Waals surface area contributed by atoms with Crippen LogP contribution in [-0.2, 0) is 0 Å². The van der Waals surface area contributed by atoms with Gasteiger partial charge >= 0.3 is 0 Å². The molecule has 11 heteroatoms. The van der Waals surface area contributed by atoms with E-state index >= 15 is 0 Å². The standard InChI is InChI=1S/C35H48N2O8S/c1-7-8-9-10-11-12-13-14-15-16-17-30(46-35(38)23-20-28(42-3)34(45-6)29(21-23)43-4)24-22-27(41-2)31-25(36-39)18-19-26(37-40)32(31)33(24)44-5/h18-22,30,36,39H,7-17H2,1-6H3. The van der Waals surface area contributed by atoms with Gasteiger partial charge in [-0.3, -0.25) is 15.5 Å². The molecule has 3 rings (SSSR count). The number of fused-ring (bicyclic) bond motifs is 1. The van der Waals surface area contributed by atoms with E-state index in [-0.39, 0.29) is 16.1 Å². The normalized spacial score (nSPS) is 11.6. The number of ether oxygens (including phenoxy) is 5. The Morgan fingerprint density at radius 2 is 1.33 bits per heavy atom. The lowest BCUT2D eigenvalue weighted by Gasteiger charge is -2.23. The molecule has 3 aromatic rings. The zero-order valence-electron chi connectivity index (χ0n) is 27.9. The molecule has 0 fully saturated rings. The van der Waals surface area contributed by atoms with Gasteiger partial charge in [-0.1, -0.05) is 82.9 Å². The van der Waals surface area contributed by atoms with Gasteiger partial charge in [-0.05, 0) is 41.9 Å². The zero-order chi connectivity index (χ0) is 33.5. The quantitative estimate of drug-likeness (QED) is 0.0650. The van der Waals surface area contributed by atoms with E-state index in [0.29, 0.717) is 62.8 Å². The molecular formula is C35H48N2O8S. The van der Waals surface area contributed by atoms with Crippen molar-refractivity contribution >= 4 is 39.0 Å². The lowest BCUT2D eigenvalue weighted by molar-refractivity contribution is 0.108. The Labute approximate surface area is 276 Å². The number of thioether (sulfide) groups is 1. The number of benzene rings is 3. The van der Waals surface area contributed by atoms with Crippen LogP contribution < -0.4 is 29.2 Å². The van der Waals surface area contributed by atoms with E-state index in [1.54, 1.807) is 18.2 Å². The molecule has 0 aliphatic rings. The molecule has 0 saturated heterocycles. The van der Waals surface area contributed by atoms with Crippen LogP contribution in [0.1, 0.15) is 98.7 Å². The maximum absolute atomic E-state index is 13.9. The summed E-state index contributed by atoms with van der Waals surface area (Å²) in [6, 6.07) is 8.14. The minimum atomic E-state index is -0.362. The minimum absolute atomic E-state index is 0.129. The summed E-state index contributed by atoms with van der Waals surface area (Å²) < 4.78 is 28.1. The average molecular weight is 657 g/mol. The first kappa shape index (κ1) is 36.8. The molecule has 1 atom stereocenters. The number of nitrogens with one attached hydrogen (secondary N) is 1. The van der Waals surface area contributed by atoms with Crippen molar-refractivity contribution in [3.8, 4) is 28.7 Å². The van der Waals surface area contributed by atoms with Crippen molar-refractivity contribution < 1.29 is 33.7 Å². The minimum Gasteiger partial charge on any atom is -0.496 e. The van der Waals surface area contributed by atoms with Gasteiger partial charge in [-0.2, -0.15) is 0 Å². The predicted octanol–water partition coefficient (Wildman–Crippen LogP) is 10.0. The summed E-state index contributed by atoms with van der Waals surface area (Å²) in [6.45, 7) is 2.23. The molecule has 1 unspecified atom stereocenters. The lowest BCUT2D eigenvalue weighted by Crippen LogP contribution is -2.06. The molecule has 0 aliphatic carbocycles. The van der Waals surface area contributed by atoms with Gasteiger partial charge in [-0.15, -0.1) is 4.91 Å². The van der Waals surface area contributed by atoms with Crippen LogP contribution in [0.2, 0.25) is 0 Å². The number of hydrogen-bond acceptors (Lipinski definition) is 11. The summed E-state index contributed by atoms with van der Waals surface area (Å²) in [6.07, 6.45) is 12.6. The molecule has 0 saturated carbocycles. The van der Waals surface area contributed by atoms with Gasteiger partial charge in [0.05, 0.1) is 52.0 Å². The van der Waals surface area contributed by atoms with E-state index in [9.17, 15) is 14.9 Å². The van der Waals surface area contributed by atoms with Gasteiger partial charge in [0.1, 0.15) is 17.2 Å². The predicted molar refractivity (Wildman–Crippen MR) is 185 cm³/mol. The Bertz CT molecular complexity index is 1420. The van der Waals surface area contributed by atoms with Crippen molar-refractivity contribution in [2.45, 2.75) is 82.8 Å². The van der Waals surface area contributed by atoms with Crippen LogP contribution in [0.5, 0.6) is 28.7 Å². The molecule has 0 heterocycles. The van der Waals surface area contributed by atoms with Gasteiger partial charge in [0.2, 0.25) is 10.9 Å². The highest BCUT2D eigenvalue weighted by molar-refractivity contribution is 8.14. The highest BCUT2D eigenvalue weighted by Gasteiger charge is 2.28. The molecule has 0 radical (unpaired) electrons. The van der Waals surface area contributed by atoms with Crippen LogP contribution in [0.25, 0.3) is 10.8 Å². The van der Waals surface area contributed by atoms with Gasteiger partial charge in [0.15, 0.2) is 11.5 Å². The van der Waals surface area contributed by atoms with Crippen LogP contribution in [-0.4, -0.2) is 45.9 Å². The topological polar surface area (TPSA) is 125 Å². The Kier molecular flexibility index (Phi) is 15.2. The number of anilines is 1. The van der Waals surface area contributed by atoms with Crippen LogP contribution in [0.15, 0.2) is 35.5 Å². The number of rotatable bonds is 21. The molecule has 0 spiro atoms. The van der Waals surface area contributed by atoms with Crippen molar-refractivity contribution in [3.63, 3.8) is 0 Å². The number of carbonyl (C=O) groups excluding carboxylic acids is 1. The van der Waals surface area contributed by atoms with E-state index in [2.05, 4.69) is 17.6 Å². The summed E-state index contributed by atoms with van der Waals surface area (Å²) in [4.78, 5) is 25.9. The second kappa shape index (κ2) is 19.1. The average Bonchev–Trinajstić information content (AvgIpc) is 3.09. The summed E-state index contributed by atoms with van der Waals surface area (Å²) in [5, 5.41) is 13.4. The first-order chi connectivity index (χ1) is 22.4. The van der Waals surface area contributed by atoms with Crippen molar-refractivity contribution in [2.75, 3.05) is 41.0 Å². The molecule has 3 aromatic carbocycles. The van der Waals surface area contributed by atoms with E-state index in [1.807, 2.05) is 6.07 Å².